The molecule has 25 heavy (non-hydrogen) atoms. The fourth-order valence-corrected chi connectivity index (χ4v) is 4.85. The van der Waals surface area contributed by atoms with E-state index in [1.54, 1.807) is 0 Å². The van der Waals surface area contributed by atoms with Crippen LogP contribution in [0.1, 0.15) is 43.2 Å². The highest BCUT2D eigenvalue weighted by Gasteiger charge is 2.42. The summed E-state index contributed by atoms with van der Waals surface area (Å²) in [7, 11) is -3.03. The molecular weight excluding hydrogens is 331 g/mol. The zero-order valence-corrected chi connectivity index (χ0v) is 15.6. The first-order valence-corrected chi connectivity index (χ1v) is 10.4. The largest absolute Gasteiger partial charge is 0.326 e. The minimum atomic E-state index is -3.03. The molecule has 0 aromatic heterocycles. The average Bonchev–Trinajstić information content (AvgIpc) is 2.63. The molecule has 1 atom stereocenters. The third-order valence-electron chi connectivity index (χ3n) is 5.33. The van der Waals surface area contributed by atoms with E-state index in [1.165, 1.54) is 19.3 Å². The lowest BCUT2D eigenvalue weighted by molar-refractivity contribution is -0.00998. The third-order valence-corrected chi connectivity index (χ3v) is 5.91. The van der Waals surface area contributed by atoms with Crippen LogP contribution < -0.4 is 0 Å². The summed E-state index contributed by atoms with van der Waals surface area (Å²) in [4.78, 5) is 9.70. The van der Waals surface area contributed by atoms with Crippen LogP contribution >= 0.6 is 8.25 Å². The minimum Gasteiger partial charge on any atom is -0.326 e. The highest BCUT2D eigenvalue weighted by Crippen LogP contribution is 2.44. The van der Waals surface area contributed by atoms with Crippen molar-refractivity contribution in [1.29, 1.82) is 0 Å². The molecule has 1 aliphatic rings. The Bertz CT molecular complexity index is 625. The summed E-state index contributed by atoms with van der Waals surface area (Å²) in [6.45, 7) is 0. The Labute approximate surface area is 151 Å². The molecule has 0 aliphatic heterocycles. The molecule has 2 aromatic carbocycles. The number of hydrogen-bond donors (Lipinski definition) is 1. The lowest BCUT2D eigenvalue weighted by atomic mass is 9.71. The van der Waals surface area contributed by atoms with E-state index in [0.717, 1.165) is 24.0 Å². The average molecular weight is 358 g/mol. The Morgan fingerprint density at radius 2 is 1.36 bits per heavy atom. The van der Waals surface area contributed by atoms with Gasteiger partial charge in [-0.25, -0.2) is 0 Å². The van der Waals surface area contributed by atoms with Gasteiger partial charge in [0.1, 0.15) is 0 Å². The molecule has 0 radical (unpaired) electrons. The van der Waals surface area contributed by atoms with Crippen LogP contribution in [0.3, 0.4) is 0 Å². The van der Waals surface area contributed by atoms with Crippen LogP contribution in [-0.4, -0.2) is 10.5 Å². The lowest BCUT2D eigenvalue weighted by Crippen LogP contribution is -2.44. The van der Waals surface area contributed by atoms with Crippen molar-refractivity contribution < 1.29 is 14.0 Å². The molecule has 134 valence electrons. The topological polar surface area (TPSA) is 46.5 Å². The molecule has 0 amide bonds. The van der Waals surface area contributed by atoms with Crippen molar-refractivity contribution in [2.45, 2.75) is 50.5 Å². The van der Waals surface area contributed by atoms with Crippen molar-refractivity contribution in [2.75, 3.05) is 0 Å². The molecule has 3 nitrogen and oxygen atoms in total. The van der Waals surface area contributed by atoms with Gasteiger partial charge in [0, 0.05) is 12.8 Å². The molecule has 1 fully saturated rings. The molecule has 0 spiro atoms. The Balaban J connectivity index is 1.96. The zero-order chi connectivity index (χ0) is 17.5. The van der Waals surface area contributed by atoms with Crippen LogP contribution in [0.2, 0.25) is 0 Å². The molecule has 1 aliphatic carbocycles. The standard InChI is InChI=1S/C21H27O3P/c22-25(23)24-21(20-14-8-3-9-15-20,16-18-10-4-1-5-11-18)17-19-12-6-2-7-13-19/h1-2,4-7,10-13,20,25H,3,8-9,14-17H2,(H,22,23). The molecule has 1 unspecified atom stereocenters. The zero-order valence-electron chi connectivity index (χ0n) is 14.6. The highest BCUT2D eigenvalue weighted by atomic mass is 31.1. The van der Waals surface area contributed by atoms with E-state index in [-0.39, 0.29) is 0 Å². The number of benzene rings is 2. The van der Waals surface area contributed by atoms with Crippen LogP contribution in [0.25, 0.3) is 0 Å². The highest BCUT2D eigenvalue weighted by molar-refractivity contribution is 7.32. The van der Waals surface area contributed by atoms with Crippen LogP contribution in [-0.2, 0) is 21.9 Å². The second-order valence-electron chi connectivity index (χ2n) is 7.09. The van der Waals surface area contributed by atoms with Gasteiger partial charge in [-0.15, -0.1) is 0 Å². The normalized spacial score (nSPS) is 17.3. The Morgan fingerprint density at radius 3 is 1.80 bits per heavy atom. The maximum Gasteiger partial charge on any atom is 0.317 e. The van der Waals surface area contributed by atoms with Gasteiger partial charge in [0.05, 0.1) is 5.60 Å². The molecule has 1 saturated carbocycles. The Hall–Kier alpha value is -1.41. The second kappa shape index (κ2) is 8.80. The predicted octanol–water partition coefficient (Wildman–Crippen LogP) is 5.19. The van der Waals surface area contributed by atoms with Gasteiger partial charge in [-0.1, -0.05) is 79.9 Å². The predicted molar refractivity (Wildman–Crippen MR) is 102 cm³/mol. The fraction of sp³-hybridized carbons (Fsp3) is 0.429. The summed E-state index contributed by atoms with van der Waals surface area (Å²) in [6.07, 6.45) is 7.06. The molecule has 0 bridgehead atoms. The van der Waals surface area contributed by atoms with Crippen LogP contribution in [0.5, 0.6) is 0 Å². The molecule has 0 saturated heterocycles. The van der Waals surface area contributed by atoms with E-state index in [9.17, 15) is 9.46 Å². The molecule has 3 rings (SSSR count). The summed E-state index contributed by atoms with van der Waals surface area (Å²) in [6, 6.07) is 20.4. The number of hydrogen-bond acceptors (Lipinski definition) is 2. The van der Waals surface area contributed by atoms with Gasteiger partial charge in [0.15, 0.2) is 0 Å². The van der Waals surface area contributed by atoms with E-state index >= 15 is 0 Å². The molecule has 1 N–H and O–H groups in total. The van der Waals surface area contributed by atoms with Crippen LogP contribution in [0, 0.1) is 5.92 Å². The van der Waals surface area contributed by atoms with Crippen molar-refractivity contribution in [3.05, 3.63) is 71.8 Å². The Morgan fingerprint density at radius 1 is 0.880 bits per heavy atom. The lowest BCUT2D eigenvalue weighted by Gasteiger charge is -2.42. The van der Waals surface area contributed by atoms with Crippen molar-refractivity contribution in [1.82, 2.24) is 0 Å². The first-order chi connectivity index (χ1) is 12.2. The fourth-order valence-electron chi connectivity index (χ4n) is 4.19. The van der Waals surface area contributed by atoms with E-state index < -0.39 is 13.9 Å². The van der Waals surface area contributed by atoms with Gasteiger partial charge >= 0.3 is 8.25 Å². The minimum absolute atomic E-state index is 0.308. The van der Waals surface area contributed by atoms with Crippen molar-refractivity contribution in [3.8, 4) is 0 Å². The van der Waals surface area contributed by atoms with E-state index in [4.69, 9.17) is 4.52 Å². The second-order valence-corrected chi connectivity index (χ2v) is 7.83. The Kier molecular flexibility index (Phi) is 6.47. The quantitative estimate of drug-likeness (QED) is 0.693. The van der Waals surface area contributed by atoms with Gasteiger partial charge in [0.2, 0.25) is 0 Å². The smallest absolute Gasteiger partial charge is 0.317 e. The van der Waals surface area contributed by atoms with Crippen molar-refractivity contribution in [3.63, 3.8) is 0 Å². The van der Waals surface area contributed by atoms with Crippen molar-refractivity contribution >= 4 is 8.25 Å². The maximum absolute atomic E-state index is 11.8. The first-order valence-electron chi connectivity index (χ1n) is 9.18. The van der Waals surface area contributed by atoms with Crippen LogP contribution in [0.15, 0.2) is 60.7 Å². The van der Waals surface area contributed by atoms with E-state index in [1.807, 2.05) is 36.4 Å². The van der Waals surface area contributed by atoms with Crippen LogP contribution in [0.4, 0.5) is 0 Å². The number of rotatable bonds is 7. The van der Waals surface area contributed by atoms with Gasteiger partial charge < -0.3 is 9.42 Å². The molecule has 2 aromatic rings. The SMILES string of the molecule is O=[PH](O)OC(Cc1ccccc1)(Cc1ccccc1)C1CCCCC1. The molecule has 0 heterocycles. The summed E-state index contributed by atoms with van der Waals surface area (Å²) >= 11 is 0. The van der Waals surface area contributed by atoms with E-state index in [2.05, 4.69) is 24.3 Å². The van der Waals surface area contributed by atoms with Crippen molar-refractivity contribution in [2.24, 2.45) is 5.92 Å². The van der Waals surface area contributed by atoms with Gasteiger partial charge in [-0.2, -0.15) is 0 Å². The summed E-state index contributed by atoms with van der Waals surface area (Å²) in [5.74, 6) is 0.308. The first kappa shape index (κ1) is 18.4. The monoisotopic (exact) mass is 358 g/mol. The third kappa shape index (κ3) is 5.04. The summed E-state index contributed by atoms with van der Waals surface area (Å²) < 4.78 is 17.7. The van der Waals surface area contributed by atoms with Gasteiger partial charge in [0.25, 0.3) is 0 Å². The van der Waals surface area contributed by atoms with Gasteiger partial charge in [-0.3, -0.25) is 4.57 Å². The van der Waals surface area contributed by atoms with E-state index in [0.29, 0.717) is 18.8 Å². The maximum atomic E-state index is 11.8. The molecular formula is C21H27O3P. The summed E-state index contributed by atoms with van der Waals surface area (Å²) in [5, 5.41) is 0. The molecule has 4 heteroatoms. The summed E-state index contributed by atoms with van der Waals surface area (Å²) in [5.41, 5.74) is 1.70. The van der Waals surface area contributed by atoms with Gasteiger partial charge in [-0.05, 0) is 29.9 Å².